The number of methoxy groups -OCH3 is 2. The molecule has 0 aliphatic heterocycles. The second-order valence-corrected chi connectivity index (χ2v) is 6.67. The summed E-state index contributed by atoms with van der Waals surface area (Å²) in [7, 11) is 4.76. The third kappa shape index (κ3) is 4.53. The quantitative estimate of drug-likeness (QED) is 0.718. The second-order valence-electron chi connectivity index (χ2n) is 6.31. The molecule has 1 heterocycles. The molecule has 148 valence electrons. The molecule has 7 nitrogen and oxygen atoms in total. The Balaban J connectivity index is 0.00000261. The topological polar surface area (TPSA) is 73.8 Å². The van der Waals surface area contributed by atoms with E-state index in [9.17, 15) is 4.79 Å². The molecule has 1 fully saturated rings. The van der Waals surface area contributed by atoms with E-state index in [4.69, 9.17) is 25.8 Å². The molecule has 0 spiro atoms. The minimum Gasteiger partial charge on any atom is -0.493 e. The van der Waals surface area contributed by atoms with Crippen molar-refractivity contribution in [2.45, 2.75) is 45.3 Å². The van der Waals surface area contributed by atoms with E-state index in [0.717, 1.165) is 31.1 Å². The number of hydrogen-bond acceptors (Lipinski definition) is 6. The Bertz CT molecular complexity index is 794. The molecule has 1 aliphatic carbocycles. The van der Waals surface area contributed by atoms with Crippen LogP contribution in [0.1, 0.15) is 33.1 Å². The summed E-state index contributed by atoms with van der Waals surface area (Å²) in [5.74, 6) is 1.24. The number of rotatable bonds is 4. The maximum atomic E-state index is 11.7. The van der Waals surface area contributed by atoms with Crippen LogP contribution < -0.4 is 9.47 Å². The maximum Gasteiger partial charge on any atom is 0.409 e. The van der Waals surface area contributed by atoms with Crippen LogP contribution in [0.15, 0.2) is 18.5 Å². The zero-order valence-electron chi connectivity index (χ0n) is 15.1. The largest absolute Gasteiger partial charge is 0.493 e. The first-order valence-corrected chi connectivity index (χ1v) is 8.87. The molecule has 0 N–H and O–H groups in total. The van der Waals surface area contributed by atoms with Crippen LogP contribution in [0.5, 0.6) is 11.5 Å². The van der Waals surface area contributed by atoms with Crippen molar-refractivity contribution < 1.29 is 19.0 Å². The minimum absolute atomic E-state index is 0. The van der Waals surface area contributed by atoms with Gasteiger partial charge >= 0.3 is 6.09 Å². The first-order valence-electron chi connectivity index (χ1n) is 8.49. The first-order chi connectivity index (χ1) is 12.5. The molecule has 0 bridgehead atoms. The lowest BCUT2D eigenvalue weighted by Gasteiger charge is -2.34. The fraction of sp³-hybridized carbons (Fsp3) is 0.526. The first kappa shape index (κ1) is 21.0. The van der Waals surface area contributed by atoms with Gasteiger partial charge in [0.15, 0.2) is 11.5 Å². The predicted octanol–water partition coefficient (Wildman–Crippen LogP) is 4.32. The van der Waals surface area contributed by atoms with Crippen LogP contribution in [0.25, 0.3) is 10.9 Å². The molecule has 1 saturated carbocycles. The summed E-state index contributed by atoms with van der Waals surface area (Å²) in [6.45, 7) is 0. The number of fused-ring (bicyclic) bond motifs is 1. The van der Waals surface area contributed by atoms with Crippen molar-refractivity contribution in [3.8, 4) is 11.5 Å². The average Bonchev–Trinajstić information content (AvgIpc) is 2.67. The number of hydrogen-bond donors (Lipinski definition) is 0. The molecule has 8 heteroatoms. The monoisotopic (exact) mass is 395 g/mol. The van der Waals surface area contributed by atoms with E-state index in [2.05, 4.69) is 9.97 Å². The summed E-state index contributed by atoms with van der Waals surface area (Å²) in [5, 5.41) is 1.11. The lowest BCUT2D eigenvalue weighted by atomic mass is 9.92. The summed E-state index contributed by atoms with van der Waals surface area (Å²) in [6, 6.07) is 3.79. The van der Waals surface area contributed by atoms with Crippen LogP contribution in [0.2, 0.25) is 5.15 Å². The second kappa shape index (κ2) is 9.08. The smallest absolute Gasteiger partial charge is 0.409 e. The Morgan fingerprint density at radius 3 is 2.48 bits per heavy atom. The molecule has 0 saturated heterocycles. The molecular weight excluding hydrogens is 370 g/mol. The molecule has 0 radical (unpaired) electrons. The van der Waals surface area contributed by atoms with Crippen molar-refractivity contribution in [2.75, 3.05) is 21.3 Å². The van der Waals surface area contributed by atoms with Crippen LogP contribution in [-0.2, 0) is 4.74 Å². The van der Waals surface area contributed by atoms with Crippen molar-refractivity contribution >= 4 is 28.6 Å². The third-order valence-corrected chi connectivity index (χ3v) is 5.12. The van der Waals surface area contributed by atoms with Gasteiger partial charge in [-0.05, 0) is 31.7 Å². The number of ether oxygens (including phenoxy) is 3. The van der Waals surface area contributed by atoms with Crippen LogP contribution in [0.4, 0.5) is 4.79 Å². The fourth-order valence-electron chi connectivity index (χ4n) is 3.31. The van der Waals surface area contributed by atoms with Gasteiger partial charge < -0.3 is 19.1 Å². The van der Waals surface area contributed by atoms with Crippen LogP contribution >= 0.6 is 11.6 Å². The van der Waals surface area contributed by atoms with Gasteiger partial charge in [0, 0.05) is 24.5 Å². The van der Waals surface area contributed by atoms with Crippen LogP contribution in [0.3, 0.4) is 0 Å². The van der Waals surface area contributed by atoms with Crippen molar-refractivity contribution in [1.82, 2.24) is 14.9 Å². The zero-order valence-corrected chi connectivity index (χ0v) is 15.8. The summed E-state index contributed by atoms with van der Waals surface area (Å²) in [5.41, 5.74) is 0.706. The van der Waals surface area contributed by atoms with Crippen molar-refractivity contribution in [3.63, 3.8) is 0 Å². The summed E-state index contributed by atoms with van der Waals surface area (Å²) >= 11 is 6.17. The van der Waals surface area contributed by atoms with Gasteiger partial charge in [0.2, 0.25) is 0 Å². The number of carbonyl (C=O) groups is 1. The minimum atomic E-state index is -0.305. The Labute approximate surface area is 164 Å². The fourth-order valence-corrected chi connectivity index (χ4v) is 3.50. The van der Waals surface area contributed by atoms with Gasteiger partial charge in [-0.15, -0.1) is 0 Å². The highest BCUT2D eigenvalue weighted by atomic mass is 35.5. The molecule has 27 heavy (non-hydrogen) atoms. The molecule has 0 atom stereocenters. The van der Waals surface area contributed by atoms with Crippen molar-refractivity contribution in [1.29, 1.82) is 0 Å². The summed E-state index contributed by atoms with van der Waals surface area (Å²) in [4.78, 5) is 21.5. The molecule has 1 aromatic carbocycles. The van der Waals surface area contributed by atoms with E-state index in [1.165, 1.54) is 13.4 Å². The van der Waals surface area contributed by atoms with Gasteiger partial charge in [0.05, 0.1) is 25.8 Å². The molecule has 3 rings (SSSR count). The van der Waals surface area contributed by atoms with Gasteiger partial charge in [-0.25, -0.2) is 14.8 Å². The highest BCUT2D eigenvalue weighted by Gasteiger charge is 2.28. The zero-order chi connectivity index (χ0) is 18.7. The highest BCUT2D eigenvalue weighted by molar-refractivity contribution is 6.34. The van der Waals surface area contributed by atoms with E-state index >= 15 is 0 Å². The highest BCUT2D eigenvalue weighted by Crippen LogP contribution is 2.36. The summed E-state index contributed by atoms with van der Waals surface area (Å²) in [6.07, 6.45) is 4.56. The van der Waals surface area contributed by atoms with Crippen molar-refractivity contribution in [2.24, 2.45) is 0 Å². The number of carbonyl (C=O) groups excluding carboxylic acids is 1. The van der Waals surface area contributed by atoms with Gasteiger partial charge in [-0.3, -0.25) is 0 Å². The maximum absolute atomic E-state index is 11.7. The lowest BCUT2D eigenvalue weighted by molar-refractivity contribution is 0.0801. The van der Waals surface area contributed by atoms with Crippen molar-refractivity contribution in [3.05, 3.63) is 23.6 Å². The van der Waals surface area contributed by atoms with Gasteiger partial charge in [-0.2, -0.15) is 0 Å². The number of benzene rings is 1. The van der Waals surface area contributed by atoms with E-state index in [-0.39, 0.29) is 25.7 Å². The van der Waals surface area contributed by atoms with Gasteiger partial charge in [0.1, 0.15) is 11.5 Å². The Kier molecular flexibility index (Phi) is 7.07. The normalized spacial score (nSPS) is 19.1. The standard InChI is InChI=1S/C18H22ClN3O4.CH4/c1-22(18(23)25-3)11-4-6-12(7-5-11)26-16-8-13-14(9-15(16)24-2)20-10-21-17(13)19;/h8-12H,4-7H2,1-3H3;1H4. The number of nitrogens with zero attached hydrogens (tertiary/aromatic N) is 3. The molecule has 1 aliphatic rings. The van der Waals surface area contributed by atoms with E-state index in [1.54, 1.807) is 25.1 Å². The molecule has 1 amide bonds. The van der Waals surface area contributed by atoms with E-state index in [0.29, 0.717) is 22.2 Å². The SMILES string of the molecule is C.COC(=O)N(C)C1CCC(Oc2cc3c(Cl)ncnc3cc2OC)CC1. The Morgan fingerprint density at radius 1 is 1.15 bits per heavy atom. The number of aromatic nitrogens is 2. The summed E-state index contributed by atoms with van der Waals surface area (Å²) < 4.78 is 16.4. The van der Waals surface area contributed by atoms with E-state index in [1.807, 2.05) is 6.07 Å². The van der Waals surface area contributed by atoms with E-state index < -0.39 is 0 Å². The lowest BCUT2D eigenvalue weighted by Crippen LogP contribution is -2.41. The molecule has 2 aromatic rings. The third-order valence-electron chi connectivity index (χ3n) is 4.82. The molecule has 1 aromatic heterocycles. The predicted molar refractivity (Wildman–Crippen MR) is 105 cm³/mol. The average molecular weight is 396 g/mol. The number of amides is 1. The van der Waals surface area contributed by atoms with Crippen LogP contribution in [-0.4, -0.2) is 54.4 Å². The Hall–Kier alpha value is -2.28. The van der Waals surface area contributed by atoms with Gasteiger partial charge in [0.25, 0.3) is 0 Å². The van der Waals surface area contributed by atoms with Gasteiger partial charge in [-0.1, -0.05) is 19.0 Å². The molecule has 0 unspecified atom stereocenters. The Morgan fingerprint density at radius 2 is 1.85 bits per heavy atom. The molecular formula is C19H26ClN3O4. The van der Waals surface area contributed by atoms with Crippen LogP contribution in [0, 0.1) is 0 Å². The number of halogens is 1.